The molecule has 4 atom stereocenters. The fraction of sp³-hybridized carbons (Fsp3) is 0.607. The van der Waals surface area contributed by atoms with Gasteiger partial charge >= 0.3 is 6.09 Å². The number of amides is 2. The zero-order chi connectivity index (χ0) is 24.3. The number of benzene rings is 1. The Kier molecular flexibility index (Phi) is 8.62. The molecule has 4 unspecified atom stereocenters. The van der Waals surface area contributed by atoms with Gasteiger partial charge < -0.3 is 14.9 Å². The summed E-state index contributed by atoms with van der Waals surface area (Å²) >= 11 is 0. The van der Waals surface area contributed by atoms with Gasteiger partial charge in [-0.25, -0.2) is 4.79 Å². The van der Waals surface area contributed by atoms with E-state index in [1.165, 1.54) is 11.3 Å². The van der Waals surface area contributed by atoms with E-state index in [0.717, 1.165) is 43.2 Å². The highest BCUT2D eigenvalue weighted by atomic mass is 16.5. The lowest BCUT2D eigenvalue weighted by atomic mass is 9.68. The van der Waals surface area contributed by atoms with Gasteiger partial charge in [-0.3, -0.25) is 9.69 Å². The molecule has 1 aromatic heterocycles. The highest BCUT2D eigenvalue weighted by Gasteiger charge is 2.50. The quantitative estimate of drug-likeness (QED) is 0.514. The summed E-state index contributed by atoms with van der Waals surface area (Å²) < 4.78 is 5.36. The van der Waals surface area contributed by atoms with Crippen LogP contribution in [-0.2, 0) is 17.6 Å². The Morgan fingerprint density at radius 3 is 2.57 bits per heavy atom. The van der Waals surface area contributed by atoms with E-state index in [1.807, 2.05) is 44.2 Å². The summed E-state index contributed by atoms with van der Waals surface area (Å²) in [5, 5.41) is 17.6. The van der Waals surface area contributed by atoms with Gasteiger partial charge in [-0.05, 0) is 70.3 Å². The van der Waals surface area contributed by atoms with E-state index in [9.17, 15) is 14.7 Å². The maximum absolute atomic E-state index is 13.8. The van der Waals surface area contributed by atoms with Crippen LogP contribution in [0.4, 0.5) is 4.79 Å². The third-order valence-electron chi connectivity index (χ3n) is 8.04. The smallest absolute Gasteiger partial charge is 0.408 e. The molecular formula is C28H41N3O4. The predicted molar refractivity (Wildman–Crippen MR) is 136 cm³/mol. The van der Waals surface area contributed by atoms with Crippen LogP contribution in [0.1, 0.15) is 75.5 Å². The number of rotatable bonds is 8. The molecule has 2 N–H and O–H groups in total. The van der Waals surface area contributed by atoms with Gasteiger partial charge in [-0.15, -0.1) is 0 Å². The molecule has 1 heterocycles. The zero-order valence-electron chi connectivity index (χ0n) is 20.5. The van der Waals surface area contributed by atoms with Gasteiger partial charge in [0.15, 0.2) is 0 Å². The molecule has 192 valence electrons. The van der Waals surface area contributed by atoms with Crippen molar-refractivity contribution in [3.8, 4) is 0 Å². The van der Waals surface area contributed by atoms with Gasteiger partial charge in [0.2, 0.25) is 5.91 Å². The first-order valence-corrected chi connectivity index (χ1v) is 12.6. The van der Waals surface area contributed by atoms with Crippen LogP contribution in [0.5, 0.6) is 0 Å². The lowest BCUT2D eigenvalue weighted by molar-refractivity contribution is -0.134. The van der Waals surface area contributed by atoms with Crippen LogP contribution in [0.3, 0.4) is 0 Å². The molecule has 4 rings (SSSR count). The van der Waals surface area contributed by atoms with Crippen molar-refractivity contribution in [2.75, 3.05) is 6.54 Å². The summed E-state index contributed by atoms with van der Waals surface area (Å²) in [5.41, 5.74) is 1.38. The monoisotopic (exact) mass is 483 g/mol. The van der Waals surface area contributed by atoms with Crippen molar-refractivity contribution in [2.24, 2.45) is 11.8 Å². The number of hydrogen-bond donors (Lipinski definition) is 2. The van der Waals surface area contributed by atoms with E-state index in [1.54, 1.807) is 6.92 Å². The average Bonchev–Trinajstić information content (AvgIpc) is 3.13. The Morgan fingerprint density at radius 1 is 1.17 bits per heavy atom. The molecule has 2 fully saturated rings. The minimum Gasteiger partial charge on any atom is -0.465 e. The van der Waals surface area contributed by atoms with Crippen LogP contribution in [0.2, 0.25) is 0 Å². The number of fused-ring (bicyclic) bond motifs is 2. The highest BCUT2D eigenvalue weighted by molar-refractivity contribution is 5.90. The first-order chi connectivity index (χ1) is 16.3. The Morgan fingerprint density at radius 2 is 1.91 bits per heavy atom. The summed E-state index contributed by atoms with van der Waals surface area (Å²) in [5.74, 6) is 1.38. The van der Waals surface area contributed by atoms with Gasteiger partial charge in [0.1, 0.15) is 11.3 Å². The summed E-state index contributed by atoms with van der Waals surface area (Å²) in [6.07, 6.45) is 6.22. The largest absolute Gasteiger partial charge is 0.465 e. The SMILES string of the molecule is C.Cc1noc(C)c1CC(C)(C(=O)NCCc1ccccc1)N(C(=O)O)C1CCC2CCCC1C2. The molecule has 2 amide bonds. The first-order valence-electron chi connectivity index (χ1n) is 12.6. The lowest BCUT2D eigenvalue weighted by Gasteiger charge is -2.50. The third kappa shape index (κ3) is 5.71. The van der Waals surface area contributed by atoms with Crippen LogP contribution in [0, 0.1) is 25.7 Å². The minimum absolute atomic E-state index is 0. The van der Waals surface area contributed by atoms with Crippen LogP contribution >= 0.6 is 0 Å². The van der Waals surface area contributed by atoms with E-state index in [-0.39, 0.29) is 25.8 Å². The number of carbonyl (C=O) groups is 2. The van der Waals surface area contributed by atoms with Crippen molar-refractivity contribution in [1.82, 2.24) is 15.4 Å². The summed E-state index contributed by atoms with van der Waals surface area (Å²) in [7, 11) is 0. The van der Waals surface area contributed by atoms with E-state index in [2.05, 4.69) is 10.5 Å². The third-order valence-corrected chi connectivity index (χ3v) is 8.04. The topological polar surface area (TPSA) is 95.7 Å². The van der Waals surface area contributed by atoms with Crippen molar-refractivity contribution in [2.45, 2.75) is 91.1 Å². The molecule has 2 aromatic rings. The van der Waals surface area contributed by atoms with Crippen LogP contribution < -0.4 is 5.32 Å². The van der Waals surface area contributed by atoms with Gasteiger partial charge in [-0.2, -0.15) is 0 Å². The maximum atomic E-state index is 13.8. The Labute approximate surface area is 209 Å². The molecule has 1 aromatic carbocycles. The Balaban J connectivity index is 0.00000342. The second-order valence-electron chi connectivity index (χ2n) is 10.3. The Bertz CT molecular complexity index is 985. The lowest BCUT2D eigenvalue weighted by Crippen LogP contribution is -2.65. The van der Waals surface area contributed by atoms with E-state index >= 15 is 0 Å². The minimum atomic E-state index is -1.27. The van der Waals surface area contributed by atoms with Crippen LogP contribution in [0.15, 0.2) is 34.9 Å². The molecule has 2 aliphatic carbocycles. The van der Waals surface area contributed by atoms with Crippen molar-refractivity contribution in [1.29, 1.82) is 0 Å². The Hall–Kier alpha value is -2.83. The number of carbonyl (C=O) groups excluding carboxylic acids is 1. The first kappa shape index (κ1) is 26.8. The predicted octanol–water partition coefficient (Wildman–Crippen LogP) is 5.54. The molecule has 0 radical (unpaired) electrons. The van der Waals surface area contributed by atoms with Gasteiger partial charge in [0, 0.05) is 24.6 Å². The number of carboxylic acid groups (broad SMARTS) is 1. The summed E-state index contributed by atoms with van der Waals surface area (Å²) in [4.78, 5) is 28.1. The van der Waals surface area contributed by atoms with Crippen molar-refractivity contribution in [3.63, 3.8) is 0 Å². The van der Waals surface area contributed by atoms with Crippen molar-refractivity contribution < 1.29 is 19.2 Å². The highest BCUT2D eigenvalue weighted by Crippen LogP contribution is 2.44. The molecular weight excluding hydrogens is 442 g/mol. The summed E-state index contributed by atoms with van der Waals surface area (Å²) in [6.45, 7) is 5.89. The van der Waals surface area contributed by atoms with Crippen molar-refractivity contribution in [3.05, 3.63) is 52.9 Å². The second-order valence-corrected chi connectivity index (χ2v) is 10.3. The molecule has 7 heteroatoms. The fourth-order valence-electron chi connectivity index (χ4n) is 6.17. The fourth-order valence-corrected chi connectivity index (χ4v) is 6.17. The average molecular weight is 484 g/mol. The molecule has 7 nitrogen and oxygen atoms in total. The number of aromatic nitrogens is 1. The maximum Gasteiger partial charge on any atom is 0.408 e. The molecule has 0 aliphatic heterocycles. The van der Waals surface area contributed by atoms with E-state index in [4.69, 9.17) is 4.52 Å². The number of hydrogen-bond acceptors (Lipinski definition) is 4. The number of aryl methyl sites for hydroxylation is 2. The zero-order valence-corrected chi connectivity index (χ0v) is 20.5. The van der Waals surface area contributed by atoms with E-state index < -0.39 is 11.6 Å². The van der Waals surface area contributed by atoms with Crippen molar-refractivity contribution >= 4 is 12.0 Å². The normalized spacial score (nSPS) is 23.0. The molecule has 2 aliphatic rings. The van der Waals surface area contributed by atoms with E-state index in [0.29, 0.717) is 36.3 Å². The van der Waals surface area contributed by atoms with Crippen LogP contribution in [0.25, 0.3) is 0 Å². The van der Waals surface area contributed by atoms with Crippen LogP contribution in [-0.4, -0.2) is 45.3 Å². The molecule has 2 saturated carbocycles. The molecule has 0 saturated heterocycles. The van der Waals surface area contributed by atoms with Gasteiger partial charge in [0.05, 0.1) is 5.69 Å². The molecule has 35 heavy (non-hydrogen) atoms. The number of nitrogens with zero attached hydrogens (tertiary/aromatic N) is 2. The number of nitrogens with one attached hydrogen (secondary N) is 1. The summed E-state index contributed by atoms with van der Waals surface area (Å²) in [6, 6.07) is 9.82. The molecule has 0 spiro atoms. The van der Waals surface area contributed by atoms with Gasteiger partial charge in [-0.1, -0.05) is 55.8 Å². The second kappa shape index (κ2) is 11.3. The van der Waals surface area contributed by atoms with Gasteiger partial charge in [0.25, 0.3) is 0 Å². The molecule has 2 bridgehead atoms. The standard InChI is InChI=1S/C27H37N3O4.CH4/c1-18-23(19(2)34-29-18)17-27(3,25(31)28-15-14-20-8-5-4-6-9-20)30(26(32)33)24-13-12-21-10-7-11-22(24)16-21;/h4-6,8-9,21-22,24H,7,10-17H2,1-3H3,(H,28,31)(H,32,33);1H4.